The number of nitrogens with zero attached hydrogens (tertiary/aromatic N) is 1. The van der Waals surface area contributed by atoms with Crippen molar-refractivity contribution in [2.45, 2.75) is 13.8 Å². The summed E-state index contributed by atoms with van der Waals surface area (Å²) >= 11 is 6.06. The largest absolute Gasteiger partial charge is 0.310 e. The normalized spacial score (nSPS) is 10.9. The van der Waals surface area contributed by atoms with Crippen molar-refractivity contribution in [3.05, 3.63) is 63.2 Å². The fraction of sp³-hybridized carbons (Fsp3) is 0.125. The molecule has 1 N–H and O–H groups in total. The van der Waals surface area contributed by atoms with E-state index in [0.717, 1.165) is 16.7 Å². The summed E-state index contributed by atoms with van der Waals surface area (Å²) in [6, 6.07) is 11.4. The van der Waals surface area contributed by atoms with Gasteiger partial charge in [0.25, 0.3) is 5.56 Å². The van der Waals surface area contributed by atoms with Crippen molar-refractivity contribution in [3.8, 4) is 11.1 Å². The molecule has 100 valence electrons. The number of benzene rings is 2. The number of rotatable bonds is 1. The Bertz CT molecular complexity index is 868. The Labute approximate surface area is 121 Å². The molecule has 0 bridgehead atoms. The minimum atomic E-state index is -0.117. The number of nitrogens with one attached hydrogen (secondary N) is 1. The highest BCUT2D eigenvalue weighted by atomic mass is 35.5. The van der Waals surface area contributed by atoms with Crippen LogP contribution in [0.25, 0.3) is 22.0 Å². The minimum absolute atomic E-state index is 0.117. The predicted octanol–water partition coefficient (Wildman–Crippen LogP) is 3.86. The van der Waals surface area contributed by atoms with E-state index in [-0.39, 0.29) is 5.56 Å². The van der Waals surface area contributed by atoms with Gasteiger partial charge in [0.15, 0.2) is 0 Å². The third-order valence-corrected chi connectivity index (χ3v) is 3.57. The molecule has 0 aliphatic carbocycles. The Hall–Kier alpha value is -2.13. The van der Waals surface area contributed by atoms with Crippen LogP contribution in [0.5, 0.6) is 0 Å². The quantitative estimate of drug-likeness (QED) is 0.737. The summed E-state index contributed by atoms with van der Waals surface area (Å²) < 4.78 is 0. The average molecular weight is 285 g/mol. The van der Waals surface area contributed by atoms with Gasteiger partial charge in [-0.1, -0.05) is 23.7 Å². The Morgan fingerprint density at radius 1 is 1.10 bits per heavy atom. The van der Waals surface area contributed by atoms with Crippen molar-refractivity contribution in [1.82, 2.24) is 9.97 Å². The van der Waals surface area contributed by atoms with E-state index in [2.05, 4.69) is 9.97 Å². The van der Waals surface area contributed by atoms with Crippen molar-refractivity contribution in [2.24, 2.45) is 0 Å². The molecule has 0 atom stereocenters. The van der Waals surface area contributed by atoms with Gasteiger partial charge in [0, 0.05) is 5.02 Å². The van der Waals surface area contributed by atoms with Crippen LogP contribution in [0, 0.1) is 13.8 Å². The molecule has 0 spiro atoms. The number of fused-ring (bicyclic) bond motifs is 1. The lowest BCUT2D eigenvalue weighted by Crippen LogP contribution is -2.09. The molecule has 0 saturated carbocycles. The first kappa shape index (κ1) is 12.9. The zero-order valence-corrected chi connectivity index (χ0v) is 12.0. The highest BCUT2D eigenvalue weighted by Crippen LogP contribution is 2.28. The van der Waals surface area contributed by atoms with Gasteiger partial charge in [-0.3, -0.25) is 4.79 Å². The topological polar surface area (TPSA) is 45.8 Å². The van der Waals surface area contributed by atoms with Gasteiger partial charge in [-0.2, -0.15) is 0 Å². The fourth-order valence-electron chi connectivity index (χ4n) is 2.33. The van der Waals surface area contributed by atoms with Crippen LogP contribution in [0.3, 0.4) is 0 Å². The number of hydrogen-bond acceptors (Lipinski definition) is 2. The van der Waals surface area contributed by atoms with E-state index >= 15 is 0 Å². The van der Waals surface area contributed by atoms with E-state index in [4.69, 9.17) is 11.6 Å². The number of H-pyrrole nitrogens is 1. The fourth-order valence-corrected chi connectivity index (χ4v) is 2.50. The SMILES string of the molecule is Cc1nc2ccc(-c3cc(Cl)ccc3C)cc2c(=O)[nH]1. The zero-order valence-electron chi connectivity index (χ0n) is 11.2. The summed E-state index contributed by atoms with van der Waals surface area (Å²) in [4.78, 5) is 19.1. The monoisotopic (exact) mass is 284 g/mol. The number of halogens is 1. The molecule has 0 amide bonds. The summed E-state index contributed by atoms with van der Waals surface area (Å²) in [6.07, 6.45) is 0. The Morgan fingerprint density at radius 2 is 1.90 bits per heavy atom. The third-order valence-electron chi connectivity index (χ3n) is 3.33. The molecule has 20 heavy (non-hydrogen) atoms. The molecule has 0 aliphatic heterocycles. The standard InChI is InChI=1S/C16H13ClN2O/c1-9-3-5-12(17)8-13(9)11-4-6-15-14(7-11)16(20)19-10(2)18-15/h3-8H,1-2H3,(H,18,19,20). The van der Waals surface area contributed by atoms with E-state index in [1.165, 1.54) is 0 Å². The number of aryl methyl sites for hydroxylation is 2. The maximum absolute atomic E-state index is 12.0. The maximum atomic E-state index is 12.0. The lowest BCUT2D eigenvalue weighted by atomic mass is 9.99. The van der Waals surface area contributed by atoms with Crippen molar-refractivity contribution >= 4 is 22.5 Å². The summed E-state index contributed by atoms with van der Waals surface area (Å²) in [5.74, 6) is 0.620. The van der Waals surface area contributed by atoms with Crippen LogP contribution in [-0.2, 0) is 0 Å². The van der Waals surface area contributed by atoms with Crippen molar-refractivity contribution in [2.75, 3.05) is 0 Å². The first-order chi connectivity index (χ1) is 9.54. The van der Waals surface area contributed by atoms with Crippen LogP contribution < -0.4 is 5.56 Å². The number of aromatic amines is 1. The van der Waals surface area contributed by atoms with Crippen LogP contribution >= 0.6 is 11.6 Å². The van der Waals surface area contributed by atoms with Crippen LogP contribution in [0.2, 0.25) is 5.02 Å². The van der Waals surface area contributed by atoms with E-state index in [9.17, 15) is 4.79 Å². The third kappa shape index (κ3) is 2.21. The molecule has 0 radical (unpaired) electrons. The molecule has 1 heterocycles. The maximum Gasteiger partial charge on any atom is 0.258 e. The van der Waals surface area contributed by atoms with Crippen LogP contribution in [0.1, 0.15) is 11.4 Å². The zero-order chi connectivity index (χ0) is 14.3. The lowest BCUT2D eigenvalue weighted by Gasteiger charge is -2.08. The molecule has 0 saturated heterocycles. The van der Waals surface area contributed by atoms with Gasteiger partial charge in [-0.15, -0.1) is 0 Å². The second-order valence-corrected chi connectivity index (χ2v) is 5.28. The van der Waals surface area contributed by atoms with Gasteiger partial charge < -0.3 is 4.98 Å². The van der Waals surface area contributed by atoms with Crippen molar-refractivity contribution in [1.29, 1.82) is 0 Å². The molecular weight excluding hydrogens is 272 g/mol. The van der Waals surface area contributed by atoms with Gasteiger partial charge >= 0.3 is 0 Å². The van der Waals surface area contributed by atoms with E-state index in [1.807, 2.05) is 43.3 Å². The molecule has 0 unspecified atom stereocenters. The second kappa shape index (κ2) is 4.76. The summed E-state index contributed by atoms with van der Waals surface area (Å²) in [7, 11) is 0. The van der Waals surface area contributed by atoms with E-state index in [0.29, 0.717) is 21.7 Å². The molecule has 3 nitrogen and oxygen atoms in total. The molecule has 3 rings (SSSR count). The smallest absolute Gasteiger partial charge is 0.258 e. The molecule has 4 heteroatoms. The predicted molar refractivity (Wildman–Crippen MR) is 82.3 cm³/mol. The molecule has 3 aromatic rings. The van der Waals surface area contributed by atoms with Gasteiger partial charge in [0.2, 0.25) is 0 Å². The summed E-state index contributed by atoms with van der Waals surface area (Å²) in [5.41, 5.74) is 3.70. The van der Waals surface area contributed by atoms with Gasteiger partial charge in [-0.05, 0) is 54.8 Å². The second-order valence-electron chi connectivity index (χ2n) is 4.84. The Balaban J connectivity index is 2.28. The lowest BCUT2D eigenvalue weighted by molar-refractivity contribution is 1.06. The Morgan fingerprint density at radius 3 is 2.70 bits per heavy atom. The van der Waals surface area contributed by atoms with Gasteiger partial charge in [0.05, 0.1) is 10.9 Å². The number of hydrogen-bond donors (Lipinski definition) is 1. The van der Waals surface area contributed by atoms with Crippen LogP contribution in [-0.4, -0.2) is 9.97 Å². The molecule has 1 aromatic heterocycles. The summed E-state index contributed by atoms with van der Waals surface area (Å²) in [6.45, 7) is 3.79. The minimum Gasteiger partial charge on any atom is -0.310 e. The highest BCUT2D eigenvalue weighted by Gasteiger charge is 2.07. The van der Waals surface area contributed by atoms with Crippen molar-refractivity contribution < 1.29 is 0 Å². The van der Waals surface area contributed by atoms with Gasteiger partial charge in [-0.25, -0.2) is 4.98 Å². The number of aromatic nitrogens is 2. The Kier molecular flexibility index (Phi) is 3.07. The van der Waals surface area contributed by atoms with Crippen molar-refractivity contribution in [3.63, 3.8) is 0 Å². The molecule has 0 aliphatic rings. The molecular formula is C16H13ClN2O. The molecule has 2 aromatic carbocycles. The summed E-state index contributed by atoms with van der Waals surface area (Å²) in [5, 5.41) is 1.27. The highest BCUT2D eigenvalue weighted by molar-refractivity contribution is 6.30. The average Bonchev–Trinajstić information content (AvgIpc) is 2.41. The van der Waals surface area contributed by atoms with Crippen LogP contribution in [0.15, 0.2) is 41.2 Å². The first-order valence-electron chi connectivity index (χ1n) is 6.32. The van der Waals surface area contributed by atoms with Crippen LogP contribution in [0.4, 0.5) is 0 Å². The molecule has 0 fully saturated rings. The van der Waals surface area contributed by atoms with E-state index in [1.54, 1.807) is 6.92 Å². The van der Waals surface area contributed by atoms with Gasteiger partial charge in [0.1, 0.15) is 5.82 Å². The first-order valence-corrected chi connectivity index (χ1v) is 6.69. The van der Waals surface area contributed by atoms with E-state index < -0.39 is 0 Å².